The second-order valence-electron chi connectivity index (χ2n) is 5.03. The van der Waals surface area contributed by atoms with Gasteiger partial charge in [0.25, 0.3) is 0 Å². The first kappa shape index (κ1) is 10.4. The highest BCUT2D eigenvalue weighted by Crippen LogP contribution is 2.41. The van der Waals surface area contributed by atoms with Gasteiger partial charge in [-0.25, -0.2) is 0 Å². The summed E-state index contributed by atoms with van der Waals surface area (Å²) in [6.07, 6.45) is 10.5. The largest absolute Gasteiger partial charge is 0.375 e. The third-order valence-corrected chi connectivity index (χ3v) is 3.93. The van der Waals surface area contributed by atoms with Crippen molar-refractivity contribution in [2.45, 2.75) is 57.0 Å². The minimum Gasteiger partial charge on any atom is -0.375 e. The fourth-order valence-electron chi connectivity index (χ4n) is 3.16. The maximum absolute atomic E-state index is 6.04. The maximum Gasteiger partial charge on any atom is 0.0685 e. The van der Waals surface area contributed by atoms with Crippen LogP contribution >= 0.6 is 0 Å². The first-order chi connectivity index (χ1) is 6.85. The van der Waals surface area contributed by atoms with Crippen LogP contribution in [0.1, 0.15) is 51.4 Å². The Bertz CT molecular complexity index is 168. The molecule has 14 heavy (non-hydrogen) atoms. The number of ether oxygens (including phenoxy) is 1. The Morgan fingerprint density at radius 2 is 2.00 bits per heavy atom. The minimum absolute atomic E-state index is 0.274. The van der Waals surface area contributed by atoms with Gasteiger partial charge in [-0.15, -0.1) is 0 Å². The van der Waals surface area contributed by atoms with E-state index in [1.54, 1.807) is 0 Å². The third-order valence-electron chi connectivity index (χ3n) is 3.93. The van der Waals surface area contributed by atoms with Gasteiger partial charge in [-0.1, -0.05) is 19.3 Å². The second kappa shape index (κ2) is 4.63. The minimum atomic E-state index is 0.274. The molecule has 1 atom stereocenters. The first-order valence-corrected chi connectivity index (χ1v) is 6.19. The Morgan fingerprint density at radius 1 is 1.21 bits per heavy atom. The zero-order valence-corrected chi connectivity index (χ0v) is 9.13. The van der Waals surface area contributed by atoms with Gasteiger partial charge < -0.3 is 10.5 Å². The fourth-order valence-corrected chi connectivity index (χ4v) is 3.16. The van der Waals surface area contributed by atoms with E-state index < -0.39 is 0 Å². The molecule has 2 heteroatoms. The highest BCUT2D eigenvalue weighted by Gasteiger charge is 2.37. The third kappa shape index (κ3) is 2.29. The average Bonchev–Trinajstić information content (AvgIpc) is 2.19. The van der Waals surface area contributed by atoms with Crippen LogP contribution in [0, 0.1) is 5.92 Å². The average molecular weight is 197 g/mol. The van der Waals surface area contributed by atoms with Crippen LogP contribution in [0.4, 0.5) is 0 Å². The van der Waals surface area contributed by atoms with Crippen molar-refractivity contribution in [1.82, 2.24) is 0 Å². The molecular formula is C12H23NO. The monoisotopic (exact) mass is 197 g/mol. The summed E-state index contributed by atoms with van der Waals surface area (Å²) in [4.78, 5) is 0. The molecule has 1 saturated heterocycles. The van der Waals surface area contributed by atoms with Crippen LogP contribution in [0.5, 0.6) is 0 Å². The molecule has 1 heterocycles. The molecule has 0 aromatic carbocycles. The van der Waals surface area contributed by atoms with Gasteiger partial charge in [0.05, 0.1) is 5.60 Å². The fraction of sp³-hybridized carbons (Fsp3) is 1.00. The predicted octanol–water partition coefficient (Wildman–Crippen LogP) is 2.46. The lowest BCUT2D eigenvalue weighted by molar-refractivity contribution is -0.117. The van der Waals surface area contributed by atoms with Gasteiger partial charge >= 0.3 is 0 Å². The number of nitrogens with two attached hydrogens (primary N) is 1. The quantitative estimate of drug-likeness (QED) is 0.738. The maximum atomic E-state index is 6.04. The van der Waals surface area contributed by atoms with Crippen LogP contribution in [0.3, 0.4) is 0 Å². The molecule has 2 N–H and O–H groups in total. The van der Waals surface area contributed by atoms with Gasteiger partial charge in [0.15, 0.2) is 0 Å². The summed E-state index contributed by atoms with van der Waals surface area (Å²) in [5.74, 6) is 0.840. The zero-order valence-electron chi connectivity index (χ0n) is 9.13. The van der Waals surface area contributed by atoms with E-state index in [0.717, 1.165) is 19.1 Å². The van der Waals surface area contributed by atoms with Crippen molar-refractivity contribution in [2.75, 3.05) is 13.2 Å². The van der Waals surface area contributed by atoms with Crippen molar-refractivity contribution < 1.29 is 4.74 Å². The van der Waals surface area contributed by atoms with Crippen LogP contribution in [0.25, 0.3) is 0 Å². The molecule has 0 aromatic heterocycles. The standard InChI is InChI=1S/C12H23NO/c13-8-4-11-5-9-14-12(10-11)6-2-1-3-7-12/h11H,1-10,13H2. The molecule has 0 aromatic rings. The molecule has 0 radical (unpaired) electrons. The molecule has 82 valence electrons. The summed E-state index contributed by atoms with van der Waals surface area (Å²) in [6.45, 7) is 1.82. The molecule has 1 aliphatic carbocycles. The van der Waals surface area contributed by atoms with Crippen LogP contribution in [0.15, 0.2) is 0 Å². The topological polar surface area (TPSA) is 35.2 Å². The normalized spacial score (nSPS) is 31.9. The highest BCUT2D eigenvalue weighted by atomic mass is 16.5. The Morgan fingerprint density at radius 3 is 2.71 bits per heavy atom. The van der Waals surface area contributed by atoms with Gasteiger partial charge in [-0.05, 0) is 44.6 Å². The van der Waals surface area contributed by atoms with Gasteiger partial charge in [-0.3, -0.25) is 0 Å². The van der Waals surface area contributed by atoms with E-state index in [4.69, 9.17) is 10.5 Å². The molecule has 1 unspecified atom stereocenters. The summed E-state index contributed by atoms with van der Waals surface area (Å²) in [5.41, 5.74) is 5.91. The smallest absolute Gasteiger partial charge is 0.0685 e. The lowest BCUT2D eigenvalue weighted by Crippen LogP contribution is -2.41. The molecule has 0 amide bonds. The van der Waals surface area contributed by atoms with E-state index in [-0.39, 0.29) is 5.60 Å². The zero-order chi connectivity index (χ0) is 9.86. The van der Waals surface area contributed by atoms with Crippen molar-refractivity contribution in [3.63, 3.8) is 0 Å². The van der Waals surface area contributed by atoms with E-state index in [2.05, 4.69) is 0 Å². The lowest BCUT2D eigenvalue weighted by Gasteiger charge is -2.43. The van der Waals surface area contributed by atoms with Crippen LogP contribution in [-0.2, 0) is 4.74 Å². The van der Waals surface area contributed by atoms with Crippen LogP contribution in [-0.4, -0.2) is 18.8 Å². The molecule has 1 saturated carbocycles. The molecule has 1 aliphatic heterocycles. The molecule has 2 rings (SSSR count). The van der Waals surface area contributed by atoms with Crippen molar-refractivity contribution in [3.8, 4) is 0 Å². The van der Waals surface area contributed by atoms with Crippen molar-refractivity contribution in [1.29, 1.82) is 0 Å². The molecule has 2 aliphatic rings. The first-order valence-electron chi connectivity index (χ1n) is 6.19. The summed E-state index contributed by atoms with van der Waals surface area (Å²) >= 11 is 0. The van der Waals surface area contributed by atoms with E-state index in [1.807, 2.05) is 0 Å². The van der Waals surface area contributed by atoms with Crippen molar-refractivity contribution in [2.24, 2.45) is 11.7 Å². The van der Waals surface area contributed by atoms with Crippen molar-refractivity contribution >= 4 is 0 Å². The molecule has 2 fully saturated rings. The predicted molar refractivity (Wildman–Crippen MR) is 58.2 cm³/mol. The molecule has 1 spiro atoms. The SMILES string of the molecule is NCCC1CCOC2(CCCCC2)C1. The van der Waals surface area contributed by atoms with Crippen LogP contribution < -0.4 is 5.73 Å². The summed E-state index contributed by atoms with van der Waals surface area (Å²) < 4.78 is 6.04. The molecule has 0 bridgehead atoms. The lowest BCUT2D eigenvalue weighted by atomic mass is 9.75. The Labute approximate surface area is 87.2 Å². The number of hydrogen-bond acceptors (Lipinski definition) is 2. The van der Waals surface area contributed by atoms with E-state index in [0.29, 0.717) is 0 Å². The van der Waals surface area contributed by atoms with Gasteiger partial charge in [0.1, 0.15) is 0 Å². The van der Waals surface area contributed by atoms with Crippen molar-refractivity contribution in [3.05, 3.63) is 0 Å². The number of rotatable bonds is 2. The number of hydrogen-bond donors (Lipinski definition) is 1. The van der Waals surface area contributed by atoms with E-state index in [9.17, 15) is 0 Å². The van der Waals surface area contributed by atoms with Gasteiger partial charge in [0, 0.05) is 6.61 Å². The second-order valence-corrected chi connectivity index (χ2v) is 5.03. The van der Waals surface area contributed by atoms with E-state index >= 15 is 0 Å². The summed E-state index contributed by atoms with van der Waals surface area (Å²) in [6, 6.07) is 0. The van der Waals surface area contributed by atoms with Gasteiger partial charge in [-0.2, -0.15) is 0 Å². The summed E-state index contributed by atoms with van der Waals surface area (Å²) in [5, 5.41) is 0. The van der Waals surface area contributed by atoms with E-state index in [1.165, 1.54) is 51.4 Å². The van der Waals surface area contributed by atoms with Crippen LogP contribution in [0.2, 0.25) is 0 Å². The Hall–Kier alpha value is -0.0800. The molecular weight excluding hydrogens is 174 g/mol. The Balaban J connectivity index is 1.91. The Kier molecular flexibility index (Phi) is 3.45. The van der Waals surface area contributed by atoms with Gasteiger partial charge in [0.2, 0.25) is 0 Å². The molecule has 2 nitrogen and oxygen atoms in total. The summed E-state index contributed by atoms with van der Waals surface area (Å²) in [7, 11) is 0. The highest BCUT2D eigenvalue weighted by molar-refractivity contribution is 4.89.